The number of benzene rings is 2. The summed E-state index contributed by atoms with van der Waals surface area (Å²) in [4.78, 5) is 35.0. The topological polar surface area (TPSA) is 117 Å². The van der Waals surface area contributed by atoms with E-state index in [1.54, 1.807) is 25.1 Å². The average Bonchev–Trinajstić information content (AvgIpc) is 2.70. The first-order valence-electron chi connectivity index (χ1n) is 8.70. The van der Waals surface area contributed by atoms with E-state index < -0.39 is 29.4 Å². The number of ether oxygens (including phenoxy) is 3. The number of aryl methyl sites for hydroxylation is 1. The first kappa shape index (κ1) is 21.7. The molecule has 0 saturated heterocycles. The number of hydrogen-bond donors (Lipinski definition) is 1. The molecule has 29 heavy (non-hydrogen) atoms. The Morgan fingerprint density at radius 2 is 1.90 bits per heavy atom. The maximum atomic E-state index is 12.2. The Morgan fingerprint density at radius 3 is 2.52 bits per heavy atom. The molecule has 0 aliphatic rings. The van der Waals surface area contributed by atoms with E-state index in [2.05, 4.69) is 5.32 Å². The number of esters is 1. The van der Waals surface area contributed by atoms with Gasteiger partial charge in [0, 0.05) is 11.1 Å². The van der Waals surface area contributed by atoms with E-state index in [-0.39, 0.29) is 11.3 Å². The first-order valence-corrected chi connectivity index (χ1v) is 8.70. The zero-order valence-corrected chi connectivity index (χ0v) is 16.6. The van der Waals surface area contributed by atoms with Gasteiger partial charge in [0.25, 0.3) is 11.6 Å². The van der Waals surface area contributed by atoms with Crippen molar-refractivity contribution in [3.05, 3.63) is 63.2 Å². The van der Waals surface area contributed by atoms with E-state index in [1.807, 2.05) is 0 Å². The molecule has 0 spiro atoms. The predicted molar refractivity (Wildman–Crippen MR) is 104 cm³/mol. The van der Waals surface area contributed by atoms with Gasteiger partial charge in [-0.15, -0.1) is 0 Å². The van der Waals surface area contributed by atoms with Gasteiger partial charge in [-0.25, -0.2) is 4.79 Å². The largest absolute Gasteiger partial charge is 0.497 e. The van der Waals surface area contributed by atoms with Gasteiger partial charge in [0.2, 0.25) is 0 Å². The van der Waals surface area contributed by atoms with Gasteiger partial charge in [0.15, 0.2) is 6.61 Å². The summed E-state index contributed by atoms with van der Waals surface area (Å²) in [6.07, 6.45) is 0. The Bertz CT molecular complexity index is 927. The lowest BCUT2D eigenvalue weighted by molar-refractivity contribution is -0.385. The third-order valence-electron chi connectivity index (χ3n) is 4.26. The standard InChI is InChI=1S/C20H22N2O7/c1-12-6-5-7-15(19(12)22(25)26)20(24)29-11-18(23)21-13(2)16-10-14(27-3)8-9-17(16)28-4/h5-10,13H,11H2,1-4H3,(H,21,23). The fourth-order valence-corrected chi connectivity index (χ4v) is 2.81. The molecule has 0 radical (unpaired) electrons. The molecule has 154 valence electrons. The van der Waals surface area contributed by atoms with E-state index in [4.69, 9.17) is 14.2 Å². The summed E-state index contributed by atoms with van der Waals surface area (Å²) in [5.74, 6) is -0.348. The number of nitrogens with one attached hydrogen (secondary N) is 1. The summed E-state index contributed by atoms with van der Waals surface area (Å²) in [5.41, 5.74) is 0.464. The number of para-hydroxylation sites is 1. The number of carbonyl (C=O) groups excluding carboxylic acids is 2. The summed E-state index contributed by atoms with van der Waals surface area (Å²) in [7, 11) is 3.04. The van der Waals surface area contributed by atoms with Crippen molar-refractivity contribution in [1.29, 1.82) is 0 Å². The number of methoxy groups -OCH3 is 2. The molecule has 1 N–H and O–H groups in total. The first-order chi connectivity index (χ1) is 13.8. The van der Waals surface area contributed by atoms with Crippen molar-refractivity contribution in [1.82, 2.24) is 5.32 Å². The van der Waals surface area contributed by atoms with Gasteiger partial charge in [-0.05, 0) is 38.1 Å². The molecule has 0 aliphatic heterocycles. The molecule has 2 rings (SSSR count). The molecule has 2 aromatic rings. The molecule has 1 amide bonds. The fourth-order valence-electron chi connectivity index (χ4n) is 2.81. The highest BCUT2D eigenvalue weighted by Gasteiger charge is 2.24. The van der Waals surface area contributed by atoms with Crippen molar-refractivity contribution in [2.75, 3.05) is 20.8 Å². The molecule has 0 heterocycles. The minimum Gasteiger partial charge on any atom is -0.497 e. The lowest BCUT2D eigenvalue weighted by atomic mass is 10.1. The third kappa shape index (κ3) is 5.22. The molecule has 9 nitrogen and oxygen atoms in total. The average molecular weight is 402 g/mol. The lowest BCUT2D eigenvalue weighted by Gasteiger charge is -2.18. The quantitative estimate of drug-likeness (QED) is 0.410. The number of amides is 1. The Morgan fingerprint density at radius 1 is 1.17 bits per heavy atom. The molecule has 1 unspecified atom stereocenters. The summed E-state index contributed by atoms with van der Waals surface area (Å²) in [6.45, 7) is 2.67. The minimum atomic E-state index is -0.942. The second-order valence-corrected chi connectivity index (χ2v) is 6.20. The molecule has 2 aromatic carbocycles. The Labute approximate surface area is 167 Å². The molecule has 0 aliphatic carbocycles. The number of rotatable bonds is 8. The van der Waals surface area contributed by atoms with Crippen molar-refractivity contribution in [2.45, 2.75) is 19.9 Å². The summed E-state index contributed by atoms with van der Waals surface area (Å²) in [5, 5.41) is 13.9. The highest BCUT2D eigenvalue weighted by Crippen LogP contribution is 2.29. The molecule has 1 atom stereocenters. The van der Waals surface area contributed by atoms with Gasteiger partial charge in [-0.3, -0.25) is 14.9 Å². The van der Waals surface area contributed by atoms with Gasteiger partial charge in [-0.2, -0.15) is 0 Å². The second kappa shape index (κ2) is 9.54. The zero-order chi connectivity index (χ0) is 21.6. The van der Waals surface area contributed by atoms with Crippen molar-refractivity contribution in [3.63, 3.8) is 0 Å². The maximum absolute atomic E-state index is 12.2. The van der Waals surface area contributed by atoms with Crippen LogP contribution in [0.4, 0.5) is 5.69 Å². The minimum absolute atomic E-state index is 0.203. The number of carbonyl (C=O) groups is 2. The van der Waals surface area contributed by atoms with Crippen LogP contribution in [0, 0.1) is 17.0 Å². The molecule has 0 saturated carbocycles. The van der Waals surface area contributed by atoms with E-state index in [0.29, 0.717) is 22.6 Å². The smallest absolute Gasteiger partial charge is 0.345 e. The summed E-state index contributed by atoms with van der Waals surface area (Å²) < 4.78 is 15.4. The van der Waals surface area contributed by atoms with Crippen LogP contribution in [-0.4, -0.2) is 37.6 Å². The van der Waals surface area contributed by atoms with Crippen LogP contribution in [0.15, 0.2) is 36.4 Å². The molecule has 0 bridgehead atoms. The van der Waals surface area contributed by atoms with Crippen LogP contribution >= 0.6 is 0 Å². The van der Waals surface area contributed by atoms with E-state index >= 15 is 0 Å². The molecular weight excluding hydrogens is 380 g/mol. The number of nitro benzene ring substituents is 1. The lowest BCUT2D eigenvalue weighted by Crippen LogP contribution is -2.31. The Hall–Kier alpha value is -3.62. The van der Waals surface area contributed by atoms with E-state index in [1.165, 1.54) is 39.3 Å². The summed E-state index contributed by atoms with van der Waals surface area (Å²) in [6, 6.07) is 9.03. The SMILES string of the molecule is COc1ccc(OC)c(C(C)NC(=O)COC(=O)c2cccc(C)c2[N+](=O)[O-])c1. The Balaban J connectivity index is 2.05. The monoisotopic (exact) mass is 402 g/mol. The fraction of sp³-hybridized carbons (Fsp3) is 0.300. The van der Waals surface area contributed by atoms with Crippen LogP contribution in [0.5, 0.6) is 11.5 Å². The second-order valence-electron chi connectivity index (χ2n) is 6.20. The van der Waals surface area contributed by atoms with Crippen LogP contribution in [0.25, 0.3) is 0 Å². The van der Waals surface area contributed by atoms with E-state index in [0.717, 1.165) is 0 Å². The third-order valence-corrected chi connectivity index (χ3v) is 4.26. The maximum Gasteiger partial charge on any atom is 0.345 e. The molecule has 0 fully saturated rings. The van der Waals surface area contributed by atoms with Gasteiger partial charge >= 0.3 is 5.97 Å². The van der Waals surface area contributed by atoms with Crippen LogP contribution in [0.1, 0.15) is 34.5 Å². The normalized spacial score (nSPS) is 11.3. The molecule has 0 aromatic heterocycles. The van der Waals surface area contributed by atoms with Crippen molar-refractivity contribution >= 4 is 17.6 Å². The van der Waals surface area contributed by atoms with Gasteiger partial charge in [-0.1, -0.05) is 12.1 Å². The van der Waals surface area contributed by atoms with Crippen LogP contribution in [0.2, 0.25) is 0 Å². The summed E-state index contributed by atoms with van der Waals surface area (Å²) >= 11 is 0. The number of nitro groups is 1. The van der Waals surface area contributed by atoms with Crippen molar-refractivity contribution in [2.24, 2.45) is 0 Å². The highest BCUT2D eigenvalue weighted by atomic mass is 16.6. The van der Waals surface area contributed by atoms with Crippen LogP contribution in [0.3, 0.4) is 0 Å². The van der Waals surface area contributed by atoms with Gasteiger partial charge in [0.05, 0.1) is 25.2 Å². The number of hydrogen-bond acceptors (Lipinski definition) is 7. The molecule has 9 heteroatoms. The Kier molecular flexibility index (Phi) is 7.13. The van der Waals surface area contributed by atoms with Gasteiger partial charge in [0.1, 0.15) is 17.1 Å². The van der Waals surface area contributed by atoms with Gasteiger partial charge < -0.3 is 19.5 Å². The highest BCUT2D eigenvalue weighted by molar-refractivity contribution is 5.95. The van der Waals surface area contributed by atoms with Crippen LogP contribution in [-0.2, 0) is 9.53 Å². The van der Waals surface area contributed by atoms with E-state index in [9.17, 15) is 19.7 Å². The van der Waals surface area contributed by atoms with Crippen molar-refractivity contribution in [3.8, 4) is 11.5 Å². The molecular formula is C20H22N2O7. The zero-order valence-electron chi connectivity index (χ0n) is 16.6. The van der Waals surface area contributed by atoms with Crippen molar-refractivity contribution < 1.29 is 28.7 Å². The van der Waals surface area contributed by atoms with Crippen LogP contribution < -0.4 is 14.8 Å². The number of nitrogens with zero attached hydrogens (tertiary/aromatic N) is 1. The predicted octanol–water partition coefficient (Wildman–Crippen LogP) is 2.95.